The average Bonchev–Trinajstić information content (AvgIpc) is 3.22. The monoisotopic (exact) mass is 559 g/mol. The molecule has 0 unspecified atom stereocenters. The number of hydrogen-bond donors (Lipinski definition) is 1. The van der Waals surface area contributed by atoms with E-state index in [9.17, 15) is 20.0 Å². The Bertz CT molecular complexity index is 1280. The topological polar surface area (TPSA) is 148 Å². The second kappa shape index (κ2) is 11.6. The van der Waals surface area contributed by atoms with Crippen LogP contribution in [0.1, 0.15) is 12.5 Å². The Morgan fingerprint density at radius 1 is 1.37 bits per heavy atom. The number of ether oxygens (including phenoxy) is 1. The summed E-state index contributed by atoms with van der Waals surface area (Å²) in [7, 11) is 1.23. The number of benzene rings is 2. The number of hydrogen-bond acceptors (Lipinski definition) is 9. The van der Waals surface area contributed by atoms with Crippen molar-refractivity contribution in [1.29, 1.82) is 0 Å². The van der Waals surface area contributed by atoms with E-state index in [0.717, 1.165) is 28.4 Å². The summed E-state index contributed by atoms with van der Waals surface area (Å²) in [6.07, 6.45) is 2.75. The molecule has 1 heterocycles. The number of nitro benzene ring substituents is 1. The van der Waals surface area contributed by atoms with Gasteiger partial charge >= 0.3 is 0 Å². The van der Waals surface area contributed by atoms with Gasteiger partial charge in [-0.25, -0.2) is 5.43 Å². The smallest absolute Gasteiger partial charge is 0.273 e. The molecule has 11 nitrogen and oxygen atoms in total. The fourth-order valence-electron chi connectivity index (χ4n) is 2.91. The average molecular weight is 560 g/mol. The third-order valence-corrected chi connectivity index (χ3v) is 6.27. The van der Waals surface area contributed by atoms with Crippen molar-refractivity contribution in [2.24, 2.45) is 5.10 Å². The lowest BCUT2D eigenvalue weighted by molar-refractivity contribution is -0.385. The van der Waals surface area contributed by atoms with Gasteiger partial charge < -0.3 is 9.84 Å². The normalized spacial score (nSPS) is 11.9. The van der Waals surface area contributed by atoms with Gasteiger partial charge in [0.05, 0.1) is 29.6 Å². The number of methoxy groups -OCH3 is 1. The Labute approximate surface area is 213 Å². The predicted molar refractivity (Wildman–Crippen MR) is 134 cm³/mol. The van der Waals surface area contributed by atoms with Crippen LogP contribution in [0.25, 0.3) is 11.4 Å². The molecule has 0 spiro atoms. The third kappa shape index (κ3) is 6.25. The maximum Gasteiger partial charge on any atom is 0.273 e. The van der Waals surface area contributed by atoms with Crippen molar-refractivity contribution in [3.8, 4) is 22.9 Å². The van der Waals surface area contributed by atoms with Crippen LogP contribution in [0.2, 0.25) is 0 Å². The number of halogens is 1. The first-order chi connectivity index (χ1) is 16.7. The number of non-ortho nitro benzene ring substituents is 1. The van der Waals surface area contributed by atoms with Crippen molar-refractivity contribution in [3.63, 3.8) is 0 Å². The van der Waals surface area contributed by atoms with E-state index in [1.165, 1.54) is 18.9 Å². The molecular formula is C22H20BrN6O5S-. The van der Waals surface area contributed by atoms with Gasteiger partial charge in [-0.2, -0.15) is 5.10 Å². The summed E-state index contributed by atoms with van der Waals surface area (Å²) in [4.78, 5) is 23.0. The highest BCUT2D eigenvalue weighted by molar-refractivity contribution is 9.10. The Hall–Kier alpha value is -3.71. The van der Waals surface area contributed by atoms with E-state index in [4.69, 9.17) is 4.74 Å². The van der Waals surface area contributed by atoms with Crippen molar-refractivity contribution >= 4 is 45.5 Å². The number of aromatic nitrogens is 3. The summed E-state index contributed by atoms with van der Waals surface area (Å²) in [5.41, 5.74) is 2.77. The minimum Gasteiger partial charge on any atom is -0.870 e. The van der Waals surface area contributed by atoms with Gasteiger partial charge in [0, 0.05) is 22.6 Å². The van der Waals surface area contributed by atoms with E-state index >= 15 is 0 Å². The van der Waals surface area contributed by atoms with E-state index in [1.807, 2.05) is 28.8 Å². The van der Waals surface area contributed by atoms with Crippen LogP contribution in [-0.2, 0) is 11.3 Å². The van der Waals surface area contributed by atoms with Gasteiger partial charge in [0.1, 0.15) is 5.75 Å². The summed E-state index contributed by atoms with van der Waals surface area (Å²) in [6, 6.07) is 9.68. The third-order valence-electron chi connectivity index (χ3n) is 4.66. The van der Waals surface area contributed by atoms with Gasteiger partial charge in [-0.05, 0) is 24.6 Å². The van der Waals surface area contributed by atoms with Gasteiger partial charge in [0.25, 0.3) is 11.6 Å². The molecule has 0 aliphatic rings. The number of carbonyl (C=O) groups excluding carboxylic acids is 1. The highest BCUT2D eigenvalue weighted by atomic mass is 79.9. The molecule has 2 aromatic carbocycles. The molecule has 0 aliphatic carbocycles. The van der Waals surface area contributed by atoms with E-state index in [2.05, 4.69) is 43.2 Å². The Kier molecular flexibility index (Phi) is 8.60. The van der Waals surface area contributed by atoms with Crippen LogP contribution in [0.3, 0.4) is 0 Å². The molecule has 1 aromatic heterocycles. The van der Waals surface area contributed by atoms with Crippen molar-refractivity contribution in [1.82, 2.24) is 20.2 Å². The first kappa shape index (κ1) is 25.9. The van der Waals surface area contributed by atoms with Crippen LogP contribution in [0, 0.1) is 10.1 Å². The van der Waals surface area contributed by atoms with Crippen LogP contribution in [0.15, 0.2) is 63.8 Å². The first-order valence-corrected chi connectivity index (χ1v) is 11.8. The second-order valence-corrected chi connectivity index (χ2v) is 9.25. The van der Waals surface area contributed by atoms with E-state index in [-0.39, 0.29) is 17.0 Å². The highest BCUT2D eigenvalue weighted by Gasteiger charge is 2.20. The van der Waals surface area contributed by atoms with Crippen LogP contribution in [0.4, 0.5) is 5.69 Å². The molecule has 3 rings (SSSR count). The van der Waals surface area contributed by atoms with Crippen LogP contribution in [-0.4, -0.2) is 44.2 Å². The zero-order chi connectivity index (χ0) is 25.5. The Morgan fingerprint density at radius 2 is 2.09 bits per heavy atom. The number of nitro groups is 1. The summed E-state index contributed by atoms with van der Waals surface area (Å²) < 4.78 is 7.66. The zero-order valence-corrected chi connectivity index (χ0v) is 21.1. The molecule has 0 fully saturated rings. The number of nitrogens with one attached hydrogen (secondary N) is 1. The second-order valence-electron chi connectivity index (χ2n) is 7.03. The molecule has 35 heavy (non-hydrogen) atoms. The Morgan fingerprint density at radius 3 is 2.71 bits per heavy atom. The van der Waals surface area contributed by atoms with Crippen molar-refractivity contribution < 1.29 is 19.6 Å². The van der Waals surface area contributed by atoms with Gasteiger partial charge in [-0.3, -0.25) is 19.5 Å². The number of rotatable bonds is 10. The standard InChI is InChI=1S/C22H21BrN6O5S/c1-4-9-28-20(14-5-7-16(23)8-6-14)25-27-22(28)35-13(2)21(31)26-24-12-15-10-17(29(32)33)11-18(34-3)19(15)30/h4-8,10-13,30H,1,9H2,2-3H3,(H,26,31)/p-1/b24-12-/t13-/m0/s1. The molecule has 3 aromatic rings. The maximum absolute atomic E-state index is 12.6. The van der Waals surface area contributed by atoms with Crippen molar-refractivity contribution in [2.45, 2.75) is 23.9 Å². The molecule has 0 saturated heterocycles. The summed E-state index contributed by atoms with van der Waals surface area (Å²) in [6.45, 7) is 5.88. The van der Waals surface area contributed by atoms with Crippen LogP contribution < -0.4 is 15.3 Å². The summed E-state index contributed by atoms with van der Waals surface area (Å²) in [5, 5.41) is 35.5. The number of hydrazone groups is 1. The quantitative estimate of drug-likeness (QED) is 0.130. The lowest BCUT2D eigenvalue weighted by atomic mass is 10.2. The number of thioether (sulfide) groups is 1. The highest BCUT2D eigenvalue weighted by Crippen LogP contribution is 2.31. The van der Waals surface area contributed by atoms with E-state index in [1.54, 1.807) is 13.0 Å². The SMILES string of the molecule is C=CCn1c(S[C@@H](C)C(=O)N/N=C\c2cc([N+](=O)[O-])cc(OC)c2[O-])nnc1-c1ccc(Br)cc1. The fraction of sp³-hybridized carbons (Fsp3) is 0.182. The van der Waals surface area contributed by atoms with E-state index in [0.29, 0.717) is 17.5 Å². The zero-order valence-electron chi connectivity index (χ0n) is 18.7. The van der Waals surface area contributed by atoms with Gasteiger partial charge in [0.2, 0.25) is 0 Å². The molecule has 13 heteroatoms. The number of allylic oxidation sites excluding steroid dienone is 1. The largest absolute Gasteiger partial charge is 0.870 e. The lowest BCUT2D eigenvalue weighted by Crippen LogP contribution is -2.27. The van der Waals surface area contributed by atoms with E-state index < -0.39 is 21.8 Å². The summed E-state index contributed by atoms with van der Waals surface area (Å²) in [5.74, 6) is -0.613. The predicted octanol–water partition coefficient (Wildman–Crippen LogP) is 3.51. The van der Waals surface area contributed by atoms with Crippen molar-refractivity contribution in [2.75, 3.05) is 7.11 Å². The van der Waals surface area contributed by atoms with Gasteiger partial charge in [-0.1, -0.05) is 51.7 Å². The van der Waals surface area contributed by atoms with Crippen LogP contribution in [0.5, 0.6) is 11.5 Å². The molecular weight excluding hydrogens is 540 g/mol. The minimum atomic E-state index is -0.654. The first-order valence-electron chi connectivity index (χ1n) is 10.1. The molecule has 0 saturated carbocycles. The molecule has 0 aliphatic heterocycles. The van der Waals surface area contributed by atoms with Gasteiger partial charge in [-0.15, -0.1) is 16.8 Å². The summed E-state index contributed by atoms with van der Waals surface area (Å²) >= 11 is 4.58. The molecule has 182 valence electrons. The molecule has 0 bridgehead atoms. The molecule has 1 N–H and O–H groups in total. The number of amides is 1. The molecule has 1 atom stereocenters. The minimum absolute atomic E-state index is 0.0958. The molecule has 1 amide bonds. The van der Waals surface area contributed by atoms with Crippen LogP contribution >= 0.6 is 27.7 Å². The Balaban J connectivity index is 1.73. The maximum atomic E-state index is 12.6. The molecule has 0 radical (unpaired) electrons. The number of carbonyl (C=O) groups is 1. The lowest BCUT2D eigenvalue weighted by Gasteiger charge is -2.15. The van der Waals surface area contributed by atoms with Gasteiger partial charge in [0.15, 0.2) is 11.0 Å². The fourth-order valence-corrected chi connectivity index (χ4v) is 4.03. The number of nitrogens with zero attached hydrogens (tertiary/aromatic N) is 5. The van der Waals surface area contributed by atoms with Crippen molar-refractivity contribution in [3.05, 3.63) is 69.2 Å².